The van der Waals surface area contributed by atoms with Gasteiger partial charge < -0.3 is 15.7 Å². The van der Waals surface area contributed by atoms with E-state index >= 15 is 0 Å². The zero-order valence-corrected chi connectivity index (χ0v) is 11.3. The summed E-state index contributed by atoms with van der Waals surface area (Å²) >= 11 is 0. The van der Waals surface area contributed by atoms with Gasteiger partial charge in [0.25, 0.3) is 5.91 Å². The summed E-state index contributed by atoms with van der Waals surface area (Å²) in [5, 5.41) is 8.79. The van der Waals surface area contributed by atoms with Crippen molar-refractivity contribution in [3.8, 4) is 0 Å². The highest BCUT2D eigenvalue weighted by atomic mass is 16.4. The summed E-state index contributed by atoms with van der Waals surface area (Å²) in [5.41, 5.74) is 6.41. The van der Waals surface area contributed by atoms with Gasteiger partial charge in [-0.25, -0.2) is 4.98 Å². The maximum absolute atomic E-state index is 12.5. The Labute approximate surface area is 117 Å². The highest BCUT2D eigenvalue weighted by Gasteiger charge is 2.29. The number of hydrogen-bond donors (Lipinski definition) is 2. The van der Waals surface area contributed by atoms with Crippen molar-refractivity contribution < 1.29 is 14.7 Å². The zero-order chi connectivity index (χ0) is 14.5. The van der Waals surface area contributed by atoms with Gasteiger partial charge in [-0.15, -0.1) is 0 Å². The lowest BCUT2D eigenvalue weighted by atomic mass is 9.97. The van der Waals surface area contributed by atoms with E-state index in [-0.39, 0.29) is 24.1 Å². The number of pyridine rings is 1. The molecule has 1 aliphatic heterocycles. The van der Waals surface area contributed by atoms with Crippen molar-refractivity contribution in [2.24, 2.45) is 0 Å². The Balaban J connectivity index is 2.13. The van der Waals surface area contributed by atoms with E-state index in [2.05, 4.69) is 4.98 Å². The van der Waals surface area contributed by atoms with Gasteiger partial charge in [0.05, 0.1) is 5.69 Å². The molecule has 20 heavy (non-hydrogen) atoms. The molecule has 0 radical (unpaired) electrons. The molecule has 1 unspecified atom stereocenters. The first-order valence-electron chi connectivity index (χ1n) is 6.83. The Morgan fingerprint density at radius 2 is 2.25 bits per heavy atom. The first-order valence-corrected chi connectivity index (χ1v) is 6.83. The molecule has 2 rings (SSSR count). The molecule has 0 aliphatic carbocycles. The van der Waals surface area contributed by atoms with E-state index in [1.807, 2.05) is 0 Å². The fourth-order valence-corrected chi connectivity index (χ4v) is 2.59. The first kappa shape index (κ1) is 14.3. The molecule has 1 aliphatic rings. The largest absolute Gasteiger partial charge is 0.481 e. The van der Waals surface area contributed by atoms with Crippen LogP contribution in [-0.4, -0.2) is 39.5 Å². The highest BCUT2D eigenvalue weighted by molar-refractivity contribution is 5.97. The number of anilines is 1. The first-order chi connectivity index (χ1) is 9.59. The van der Waals surface area contributed by atoms with E-state index in [4.69, 9.17) is 10.8 Å². The predicted octanol–water partition coefficient (Wildman–Crippen LogP) is 1.52. The van der Waals surface area contributed by atoms with Crippen LogP contribution in [0.5, 0.6) is 0 Å². The minimum absolute atomic E-state index is 0.0336. The fourth-order valence-electron chi connectivity index (χ4n) is 2.59. The zero-order valence-electron chi connectivity index (χ0n) is 11.3. The van der Waals surface area contributed by atoms with Gasteiger partial charge in [0.15, 0.2) is 5.69 Å². The molecule has 1 fully saturated rings. The number of carbonyl (C=O) groups is 2. The van der Waals surface area contributed by atoms with Crippen LogP contribution in [0.2, 0.25) is 0 Å². The standard InChI is InChI=1S/C14H19N3O3/c15-11-5-3-8-16-13(11)14(20)17-9-2-1-4-10(17)6-7-12(18)19/h3,5,8,10H,1-2,4,6-7,9,15H2,(H,18,19). The fraction of sp³-hybridized carbons (Fsp3) is 0.500. The lowest BCUT2D eigenvalue weighted by molar-refractivity contribution is -0.137. The van der Waals surface area contributed by atoms with Crippen LogP contribution in [0.3, 0.4) is 0 Å². The molecular formula is C14H19N3O3. The van der Waals surface area contributed by atoms with Crippen LogP contribution in [-0.2, 0) is 4.79 Å². The van der Waals surface area contributed by atoms with Crippen LogP contribution in [0.15, 0.2) is 18.3 Å². The van der Waals surface area contributed by atoms with Crippen LogP contribution in [0.4, 0.5) is 5.69 Å². The SMILES string of the molecule is Nc1cccnc1C(=O)N1CCCCC1CCC(=O)O. The van der Waals surface area contributed by atoms with Crippen molar-refractivity contribution in [2.45, 2.75) is 38.1 Å². The van der Waals surface area contributed by atoms with Crippen molar-refractivity contribution >= 4 is 17.6 Å². The number of carbonyl (C=O) groups excluding carboxylic acids is 1. The lowest BCUT2D eigenvalue weighted by Gasteiger charge is -2.35. The second-order valence-electron chi connectivity index (χ2n) is 5.02. The van der Waals surface area contributed by atoms with Gasteiger partial charge in [-0.05, 0) is 37.8 Å². The summed E-state index contributed by atoms with van der Waals surface area (Å²) in [6, 6.07) is 3.30. The van der Waals surface area contributed by atoms with Gasteiger partial charge in [0.2, 0.25) is 0 Å². The smallest absolute Gasteiger partial charge is 0.303 e. The van der Waals surface area contributed by atoms with Gasteiger partial charge in [-0.2, -0.15) is 0 Å². The van der Waals surface area contributed by atoms with Crippen LogP contribution < -0.4 is 5.73 Å². The number of nitrogens with zero attached hydrogens (tertiary/aromatic N) is 2. The van der Waals surface area contributed by atoms with Crippen LogP contribution >= 0.6 is 0 Å². The summed E-state index contributed by atoms with van der Waals surface area (Å²) in [5.74, 6) is -1.03. The summed E-state index contributed by atoms with van der Waals surface area (Å²) < 4.78 is 0. The minimum Gasteiger partial charge on any atom is -0.481 e. The topological polar surface area (TPSA) is 96.5 Å². The number of piperidine rings is 1. The molecule has 0 saturated carbocycles. The molecule has 3 N–H and O–H groups in total. The molecule has 1 aromatic heterocycles. The van der Waals surface area contributed by atoms with E-state index in [1.54, 1.807) is 23.2 Å². The van der Waals surface area contributed by atoms with Gasteiger partial charge >= 0.3 is 5.97 Å². The van der Waals surface area contributed by atoms with Crippen LogP contribution in [0.1, 0.15) is 42.6 Å². The van der Waals surface area contributed by atoms with E-state index in [0.717, 1.165) is 19.3 Å². The van der Waals surface area contributed by atoms with Gasteiger partial charge in [0, 0.05) is 25.2 Å². The van der Waals surface area contributed by atoms with Crippen LogP contribution in [0, 0.1) is 0 Å². The monoisotopic (exact) mass is 277 g/mol. The summed E-state index contributed by atoms with van der Waals surface area (Å²) in [4.78, 5) is 29.0. The maximum Gasteiger partial charge on any atom is 0.303 e. The molecule has 1 atom stereocenters. The van der Waals surface area contributed by atoms with Crippen molar-refractivity contribution in [3.63, 3.8) is 0 Å². The number of likely N-dealkylation sites (tertiary alicyclic amines) is 1. The number of aliphatic carboxylic acids is 1. The third-order valence-electron chi connectivity index (χ3n) is 3.62. The molecular weight excluding hydrogens is 258 g/mol. The third-order valence-corrected chi connectivity index (χ3v) is 3.62. The second-order valence-corrected chi connectivity index (χ2v) is 5.02. The third kappa shape index (κ3) is 3.26. The van der Waals surface area contributed by atoms with Gasteiger partial charge in [0.1, 0.15) is 0 Å². The number of rotatable bonds is 4. The van der Waals surface area contributed by atoms with E-state index in [0.29, 0.717) is 18.7 Å². The molecule has 6 nitrogen and oxygen atoms in total. The van der Waals surface area contributed by atoms with Gasteiger partial charge in [-0.1, -0.05) is 0 Å². The second kappa shape index (κ2) is 6.36. The predicted molar refractivity (Wildman–Crippen MR) is 74.2 cm³/mol. The normalized spacial score (nSPS) is 18.8. The van der Waals surface area contributed by atoms with Crippen molar-refractivity contribution in [1.29, 1.82) is 0 Å². The molecule has 108 valence electrons. The molecule has 0 aromatic carbocycles. The number of carboxylic acid groups (broad SMARTS) is 1. The minimum atomic E-state index is -0.833. The quantitative estimate of drug-likeness (QED) is 0.869. The lowest BCUT2D eigenvalue weighted by Crippen LogP contribution is -2.44. The van der Waals surface area contributed by atoms with Crippen LogP contribution in [0.25, 0.3) is 0 Å². The van der Waals surface area contributed by atoms with E-state index < -0.39 is 5.97 Å². The Morgan fingerprint density at radius 1 is 1.45 bits per heavy atom. The Kier molecular flexibility index (Phi) is 4.55. The number of carboxylic acids is 1. The number of nitrogens with two attached hydrogens (primary N) is 1. The molecule has 2 heterocycles. The van der Waals surface area contributed by atoms with Crippen molar-refractivity contribution in [2.75, 3.05) is 12.3 Å². The average Bonchev–Trinajstić information content (AvgIpc) is 2.45. The molecule has 1 aromatic rings. The highest BCUT2D eigenvalue weighted by Crippen LogP contribution is 2.23. The number of nitrogen functional groups attached to an aromatic ring is 1. The molecule has 0 spiro atoms. The van der Waals surface area contributed by atoms with Crippen molar-refractivity contribution in [3.05, 3.63) is 24.0 Å². The van der Waals surface area contributed by atoms with E-state index in [1.165, 1.54) is 0 Å². The molecule has 6 heteroatoms. The Bertz CT molecular complexity index is 504. The Morgan fingerprint density at radius 3 is 2.95 bits per heavy atom. The summed E-state index contributed by atoms with van der Waals surface area (Å²) in [6.07, 6.45) is 4.89. The Hall–Kier alpha value is -2.11. The molecule has 0 bridgehead atoms. The van der Waals surface area contributed by atoms with E-state index in [9.17, 15) is 9.59 Å². The van der Waals surface area contributed by atoms with Crippen molar-refractivity contribution in [1.82, 2.24) is 9.88 Å². The van der Waals surface area contributed by atoms with Gasteiger partial charge in [-0.3, -0.25) is 9.59 Å². The summed E-state index contributed by atoms with van der Waals surface area (Å²) in [7, 11) is 0. The average molecular weight is 277 g/mol. The maximum atomic E-state index is 12.5. The molecule has 1 saturated heterocycles. The molecule has 1 amide bonds. The number of aromatic nitrogens is 1. The summed E-state index contributed by atoms with van der Waals surface area (Å²) in [6.45, 7) is 0.638. The number of hydrogen-bond acceptors (Lipinski definition) is 4. The number of amides is 1.